The van der Waals surface area contributed by atoms with Crippen molar-refractivity contribution in [1.29, 1.82) is 0 Å². The number of aryl methyl sites for hydroxylation is 1. The molecule has 0 atom stereocenters. The minimum absolute atomic E-state index is 0.365. The van der Waals surface area contributed by atoms with Gasteiger partial charge in [0.25, 0.3) is 0 Å². The average Bonchev–Trinajstić information content (AvgIpc) is 2.82. The first-order chi connectivity index (χ1) is 15.5. The van der Waals surface area contributed by atoms with Gasteiger partial charge in [-0.3, -0.25) is 4.79 Å². The zero-order valence-corrected chi connectivity index (χ0v) is 21.3. The molecule has 5 heteroatoms. The molecule has 1 heterocycles. The smallest absolute Gasteiger partial charge is 0.222 e. The van der Waals surface area contributed by atoms with E-state index < -0.39 is 0 Å². The van der Waals surface area contributed by atoms with Gasteiger partial charge < -0.3 is 9.80 Å². The second kappa shape index (κ2) is 14.4. The number of amides is 1. The van der Waals surface area contributed by atoms with Gasteiger partial charge in [0.15, 0.2) is 0 Å². The van der Waals surface area contributed by atoms with Gasteiger partial charge >= 0.3 is 0 Å². The lowest BCUT2D eigenvalue weighted by Crippen LogP contribution is -2.49. The molecule has 1 saturated heterocycles. The lowest BCUT2D eigenvalue weighted by atomic mass is 9.86. The monoisotopic (exact) mass is 476 g/mol. The first-order valence-corrected chi connectivity index (χ1v) is 12.8. The fourth-order valence-electron chi connectivity index (χ4n) is 4.35. The number of rotatable bonds is 3. The topological polar surface area (TPSA) is 23.6 Å². The largest absolute Gasteiger partial charge is 0.368 e. The molecular formula is C27H38Cl2N2O. The van der Waals surface area contributed by atoms with Gasteiger partial charge in [-0.2, -0.15) is 0 Å². The van der Waals surface area contributed by atoms with Crippen molar-refractivity contribution in [3.05, 3.63) is 64.1 Å². The summed E-state index contributed by atoms with van der Waals surface area (Å²) < 4.78 is 0. The molecule has 1 aliphatic carbocycles. The molecule has 4 rings (SSSR count). The first kappa shape index (κ1) is 26.5. The molecule has 2 aliphatic rings. The second-order valence-corrected chi connectivity index (χ2v) is 9.18. The molecule has 2 aromatic carbocycles. The van der Waals surface area contributed by atoms with Crippen LogP contribution in [0.2, 0.25) is 10.0 Å². The molecule has 0 aromatic heterocycles. The van der Waals surface area contributed by atoms with Crippen LogP contribution in [0.25, 0.3) is 0 Å². The SMILES string of the molecule is CC.Cc1cc(Cl)ccc1N1CCN(C(=O)CC2CCCCC2)CC1.Clc1ccccc1. The van der Waals surface area contributed by atoms with Crippen molar-refractivity contribution in [3.63, 3.8) is 0 Å². The van der Waals surface area contributed by atoms with Crippen LogP contribution in [0.4, 0.5) is 5.69 Å². The van der Waals surface area contributed by atoms with E-state index in [2.05, 4.69) is 22.8 Å². The Morgan fingerprint density at radius 2 is 1.50 bits per heavy atom. The summed E-state index contributed by atoms with van der Waals surface area (Å²) in [4.78, 5) is 16.9. The lowest BCUT2D eigenvalue weighted by Gasteiger charge is -2.37. The van der Waals surface area contributed by atoms with Crippen molar-refractivity contribution in [1.82, 2.24) is 4.90 Å². The Bertz CT molecular complexity index is 799. The van der Waals surface area contributed by atoms with Crippen LogP contribution < -0.4 is 4.90 Å². The number of hydrogen-bond donors (Lipinski definition) is 0. The zero-order valence-electron chi connectivity index (χ0n) is 19.8. The van der Waals surface area contributed by atoms with Crippen molar-refractivity contribution in [2.75, 3.05) is 31.1 Å². The van der Waals surface area contributed by atoms with Gasteiger partial charge in [-0.05, 0) is 61.6 Å². The predicted molar refractivity (Wildman–Crippen MR) is 139 cm³/mol. The standard InChI is InChI=1S/C19H27ClN2O.C6H5Cl.C2H6/c1-15-13-17(20)7-8-18(15)21-9-11-22(12-10-21)19(23)14-16-5-3-2-4-6-16;7-6-4-2-1-3-5-6;1-2/h7-8,13,16H,2-6,9-12,14H2,1H3;1-5H;1-2H3. The highest BCUT2D eigenvalue weighted by atomic mass is 35.5. The summed E-state index contributed by atoms with van der Waals surface area (Å²) in [6, 6.07) is 15.5. The Balaban J connectivity index is 0.000000340. The maximum atomic E-state index is 12.5. The molecule has 2 fully saturated rings. The Hall–Kier alpha value is -1.71. The fraction of sp³-hybridized carbons (Fsp3) is 0.519. The molecule has 1 amide bonds. The number of anilines is 1. The maximum absolute atomic E-state index is 12.5. The third-order valence-electron chi connectivity index (χ3n) is 6.05. The highest BCUT2D eigenvalue weighted by Gasteiger charge is 2.25. The second-order valence-electron chi connectivity index (χ2n) is 8.30. The fourth-order valence-corrected chi connectivity index (χ4v) is 4.72. The van der Waals surface area contributed by atoms with Gasteiger partial charge in [-0.25, -0.2) is 0 Å². The van der Waals surface area contributed by atoms with Gasteiger partial charge in [-0.15, -0.1) is 0 Å². The summed E-state index contributed by atoms with van der Waals surface area (Å²) in [5.41, 5.74) is 2.45. The average molecular weight is 478 g/mol. The number of carbonyl (C=O) groups is 1. The molecule has 0 unspecified atom stereocenters. The third-order valence-corrected chi connectivity index (χ3v) is 6.54. The van der Waals surface area contributed by atoms with Crippen LogP contribution in [0.3, 0.4) is 0 Å². The molecular weight excluding hydrogens is 439 g/mol. The summed E-state index contributed by atoms with van der Waals surface area (Å²) in [5, 5.41) is 1.58. The van der Waals surface area contributed by atoms with Crippen LogP contribution in [-0.2, 0) is 4.79 Å². The Labute approximate surface area is 204 Å². The van der Waals surface area contributed by atoms with Gasteiger partial charge in [0.05, 0.1) is 0 Å². The molecule has 0 radical (unpaired) electrons. The minimum atomic E-state index is 0.365. The molecule has 2 aromatic rings. The Morgan fingerprint density at radius 3 is 2.03 bits per heavy atom. The molecule has 0 bridgehead atoms. The molecule has 32 heavy (non-hydrogen) atoms. The summed E-state index contributed by atoms with van der Waals surface area (Å²) in [5.74, 6) is 0.997. The van der Waals surface area contributed by atoms with Crippen molar-refractivity contribution < 1.29 is 4.79 Å². The van der Waals surface area contributed by atoms with Crippen LogP contribution in [0, 0.1) is 12.8 Å². The van der Waals surface area contributed by atoms with Crippen LogP contribution in [-0.4, -0.2) is 37.0 Å². The highest BCUT2D eigenvalue weighted by molar-refractivity contribution is 6.30. The van der Waals surface area contributed by atoms with E-state index in [4.69, 9.17) is 23.2 Å². The van der Waals surface area contributed by atoms with Crippen LogP contribution in [0.15, 0.2) is 48.5 Å². The van der Waals surface area contributed by atoms with E-state index in [1.165, 1.54) is 43.4 Å². The van der Waals surface area contributed by atoms with Crippen molar-refractivity contribution in [2.24, 2.45) is 5.92 Å². The van der Waals surface area contributed by atoms with E-state index in [-0.39, 0.29) is 0 Å². The van der Waals surface area contributed by atoms with Gasteiger partial charge in [0, 0.05) is 48.3 Å². The third kappa shape index (κ3) is 8.67. The van der Waals surface area contributed by atoms with E-state index >= 15 is 0 Å². The molecule has 0 spiro atoms. The summed E-state index contributed by atoms with van der Waals surface area (Å²) in [6.07, 6.45) is 7.22. The van der Waals surface area contributed by atoms with Crippen molar-refractivity contribution in [3.8, 4) is 0 Å². The van der Waals surface area contributed by atoms with Crippen LogP contribution in [0.1, 0.15) is 57.9 Å². The zero-order chi connectivity index (χ0) is 23.3. The molecule has 1 saturated carbocycles. The van der Waals surface area contributed by atoms with E-state index in [0.717, 1.165) is 42.6 Å². The maximum Gasteiger partial charge on any atom is 0.222 e. The van der Waals surface area contributed by atoms with Gasteiger partial charge in [-0.1, -0.05) is 74.5 Å². The molecule has 176 valence electrons. The predicted octanol–water partition coefficient (Wildman–Crippen LogP) is 7.63. The number of halogens is 2. The lowest BCUT2D eigenvalue weighted by molar-refractivity contribution is -0.132. The Morgan fingerprint density at radius 1 is 0.875 bits per heavy atom. The summed E-state index contributed by atoms with van der Waals surface area (Å²) >= 11 is 11.6. The van der Waals surface area contributed by atoms with E-state index in [1.807, 2.05) is 56.3 Å². The van der Waals surface area contributed by atoms with Crippen LogP contribution in [0.5, 0.6) is 0 Å². The number of carbonyl (C=O) groups excluding carboxylic acids is 1. The van der Waals surface area contributed by atoms with E-state index in [0.29, 0.717) is 11.8 Å². The number of hydrogen-bond acceptors (Lipinski definition) is 2. The van der Waals surface area contributed by atoms with Crippen molar-refractivity contribution >= 4 is 34.8 Å². The summed E-state index contributed by atoms with van der Waals surface area (Å²) in [7, 11) is 0. The number of benzene rings is 2. The minimum Gasteiger partial charge on any atom is -0.368 e. The number of nitrogens with zero attached hydrogens (tertiary/aromatic N) is 2. The van der Waals surface area contributed by atoms with Gasteiger partial charge in [0.1, 0.15) is 0 Å². The molecule has 0 N–H and O–H groups in total. The van der Waals surface area contributed by atoms with Crippen molar-refractivity contribution in [2.45, 2.75) is 59.3 Å². The van der Waals surface area contributed by atoms with Crippen LogP contribution >= 0.6 is 23.2 Å². The highest BCUT2D eigenvalue weighted by Crippen LogP contribution is 2.28. The number of piperazine rings is 1. The Kier molecular flexibility index (Phi) is 12.0. The van der Waals surface area contributed by atoms with E-state index in [1.54, 1.807) is 0 Å². The van der Waals surface area contributed by atoms with E-state index in [9.17, 15) is 4.79 Å². The molecule has 3 nitrogen and oxygen atoms in total. The van der Waals surface area contributed by atoms with Gasteiger partial charge in [0.2, 0.25) is 5.91 Å². The summed E-state index contributed by atoms with van der Waals surface area (Å²) in [6.45, 7) is 9.61. The quantitative estimate of drug-likeness (QED) is 0.454. The first-order valence-electron chi connectivity index (χ1n) is 12.0. The molecule has 1 aliphatic heterocycles. The normalized spacial score (nSPS) is 16.4.